The molecule has 0 N–H and O–H groups in total. The molecule has 1 spiro atoms. The fraction of sp³-hybridized carbons (Fsp3) is 0.346. The maximum atomic E-state index is 5.94. The third-order valence-corrected chi connectivity index (χ3v) is 7.21. The number of aromatic nitrogens is 4. The highest BCUT2D eigenvalue weighted by atomic mass is 16.5. The standard InChI is InChI=1S/C26H27N5O/c1-30-13-11-26(12-14-30)15-20(16-26)31-25-23(17-27-18-28-25)24(29-31)19-7-9-22(10-8-19)32-21-5-3-2-4-6-21/h2-10,17-18,20H,11-16H2,1H3. The summed E-state index contributed by atoms with van der Waals surface area (Å²) in [5, 5.41) is 6.06. The molecule has 2 aliphatic rings. The van der Waals surface area contributed by atoms with Crippen molar-refractivity contribution in [1.29, 1.82) is 0 Å². The molecule has 1 aliphatic carbocycles. The molecule has 6 heteroatoms. The molecule has 0 unspecified atom stereocenters. The van der Waals surface area contributed by atoms with Gasteiger partial charge in [0.1, 0.15) is 23.5 Å². The van der Waals surface area contributed by atoms with E-state index in [1.807, 2.05) is 48.7 Å². The minimum atomic E-state index is 0.422. The zero-order valence-corrected chi connectivity index (χ0v) is 18.3. The van der Waals surface area contributed by atoms with Crippen molar-refractivity contribution in [3.8, 4) is 22.8 Å². The quantitative estimate of drug-likeness (QED) is 0.442. The molecule has 1 saturated carbocycles. The fourth-order valence-corrected chi connectivity index (χ4v) is 5.27. The first kappa shape index (κ1) is 19.4. The SMILES string of the molecule is CN1CCC2(CC1)CC(n1nc(-c3ccc(Oc4ccccc4)cc3)c3cncnc31)C2. The van der Waals surface area contributed by atoms with E-state index in [0.29, 0.717) is 11.5 Å². The van der Waals surface area contributed by atoms with Crippen molar-refractivity contribution in [1.82, 2.24) is 24.6 Å². The van der Waals surface area contributed by atoms with Gasteiger partial charge in [-0.05, 0) is 87.6 Å². The van der Waals surface area contributed by atoms with Crippen LogP contribution in [0.15, 0.2) is 67.1 Å². The second-order valence-corrected chi connectivity index (χ2v) is 9.36. The number of likely N-dealkylation sites (tertiary alicyclic amines) is 1. The predicted octanol–water partition coefficient (Wildman–Crippen LogP) is 5.33. The van der Waals surface area contributed by atoms with E-state index in [1.54, 1.807) is 6.33 Å². The average Bonchev–Trinajstić information content (AvgIpc) is 3.19. The summed E-state index contributed by atoms with van der Waals surface area (Å²) < 4.78 is 8.10. The Balaban J connectivity index is 1.27. The van der Waals surface area contributed by atoms with E-state index in [0.717, 1.165) is 33.8 Å². The minimum absolute atomic E-state index is 0.422. The van der Waals surface area contributed by atoms with E-state index < -0.39 is 0 Å². The maximum Gasteiger partial charge on any atom is 0.162 e. The zero-order valence-electron chi connectivity index (χ0n) is 18.3. The van der Waals surface area contributed by atoms with Crippen LogP contribution < -0.4 is 4.74 Å². The summed E-state index contributed by atoms with van der Waals surface area (Å²) in [5.74, 6) is 1.64. The van der Waals surface area contributed by atoms with Crippen molar-refractivity contribution in [3.63, 3.8) is 0 Å². The van der Waals surface area contributed by atoms with Crippen LogP contribution in [0, 0.1) is 5.41 Å². The number of hydrogen-bond acceptors (Lipinski definition) is 5. The second kappa shape index (κ2) is 7.71. The van der Waals surface area contributed by atoms with Gasteiger partial charge in [-0.3, -0.25) is 0 Å². The molecule has 2 fully saturated rings. The summed E-state index contributed by atoms with van der Waals surface area (Å²) in [6.07, 6.45) is 8.51. The highest BCUT2D eigenvalue weighted by Crippen LogP contribution is 2.55. The molecule has 2 aromatic heterocycles. The first-order valence-electron chi connectivity index (χ1n) is 11.4. The normalized spacial score (nSPS) is 18.7. The van der Waals surface area contributed by atoms with Gasteiger partial charge in [-0.2, -0.15) is 5.10 Å². The molecule has 32 heavy (non-hydrogen) atoms. The van der Waals surface area contributed by atoms with E-state index in [1.165, 1.54) is 38.8 Å². The van der Waals surface area contributed by atoms with Crippen LogP contribution in [0.1, 0.15) is 31.7 Å². The summed E-state index contributed by atoms with van der Waals surface area (Å²) in [7, 11) is 2.23. The zero-order chi connectivity index (χ0) is 21.5. The van der Waals surface area contributed by atoms with Gasteiger partial charge in [-0.15, -0.1) is 0 Å². The summed E-state index contributed by atoms with van der Waals surface area (Å²) in [5.41, 5.74) is 3.43. The van der Waals surface area contributed by atoms with Crippen molar-refractivity contribution < 1.29 is 4.74 Å². The van der Waals surface area contributed by atoms with Gasteiger partial charge in [0.05, 0.1) is 11.4 Å². The Morgan fingerprint density at radius 1 is 0.938 bits per heavy atom. The lowest BCUT2D eigenvalue weighted by atomic mass is 9.60. The van der Waals surface area contributed by atoms with Crippen LogP contribution >= 0.6 is 0 Å². The van der Waals surface area contributed by atoms with Crippen LogP contribution in [-0.4, -0.2) is 44.8 Å². The number of rotatable bonds is 4. The first-order chi connectivity index (χ1) is 15.7. The molecule has 0 amide bonds. The molecule has 162 valence electrons. The van der Waals surface area contributed by atoms with Gasteiger partial charge in [0, 0.05) is 11.8 Å². The van der Waals surface area contributed by atoms with Gasteiger partial charge in [-0.1, -0.05) is 18.2 Å². The van der Waals surface area contributed by atoms with Crippen molar-refractivity contribution in [2.45, 2.75) is 31.7 Å². The van der Waals surface area contributed by atoms with E-state index >= 15 is 0 Å². The molecule has 0 atom stereocenters. The average molecular weight is 426 g/mol. The largest absolute Gasteiger partial charge is 0.457 e. The number of nitrogens with zero attached hydrogens (tertiary/aromatic N) is 5. The molecule has 1 saturated heterocycles. The molecule has 6 rings (SSSR count). The molecule has 2 aromatic carbocycles. The van der Waals surface area contributed by atoms with E-state index in [-0.39, 0.29) is 0 Å². The van der Waals surface area contributed by atoms with Crippen LogP contribution in [0.5, 0.6) is 11.5 Å². The summed E-state index contributed by atoms with van der Waals surface area (Å²) >= 11 is 0. The van der Waals surface area contributed by atoms with Gasteiger partial charge in [0.15, 0.2) is 5.65 Å². The summed E-state index contributed by atoms with van der Waals surface area (Å²) in [4.78, 5) is 11.3. The van der Waals surface area contributed by atoms with Crippen LogP contribution in [0.2, 0.25) is 0 Å². The molecule has 0 radical (unpaired) electrons. The summed E-state index contributed by atoms with van der Waals surface area (Å²) in [6.45, 7) is 2.41. The smallest absolute Gasteiger partial charge is 0.162 e. The van der Waals surface area contributed by atoms with Crippen molar-refractivity contribution >= 4 is 11.0 Å². The third kappa shape index (κ3) is 3.45. The molecule has 6 nitrogen and oxygen atoms in total. The number of para-hydroxylation sites is 1. The third-order valence-electron chi connectivity index (χ3n) is 7.21. The van der Waals surface area contributed by atoms with Crippen molar-refractivity contribution in [3.05, 3.63) is 67.1 Å². The molecular formula is C26H27N5O. The number of ether oxygens (including phenoxy) is 1. The Hall–Kier alpha value is -3.25. The number of benzene rings is 2. The Kier molecular flexibility index (Phi) is 4.68. The fourth-order valence-electron chi connectivity index (χ4n) is 5.27. The van der Waals surface area contributed by atoms with Gasteiger partial charge < -0.3 is 9.64 Å². The van der Waals surface area contributed by atoms with Crippen LogP contribution in [-0.2, 0) is 0 Å². The Labute approximate surface area is 187 Å². The lowest BCUT2D eigenvalue weighted by Crippen LogP contribution is -2.46. The lowest BCUT2D eigenvalue weighted by molar-refractivity contribution is -0.00343. The van der Waals surface area contributed by atoms with Gasteiger partial charge in [-0.25, -0.2) is 14.6 Å². The Bertz CT molecular complexity index is 1220. The molecule has 3 heterocycles. The second-order valence-electron chi connectivity index (χ2n) is 9.36. The number of fused-ring (bicyclic) bond motifs is 1. The number of hydrogen-bond donors (Lipinski definition) is 0. The summed E-state index contributed by atoms with van der Waals surface area (Å²) in [6, 6.07) is 18.4. The van der Waals surface area contributed by atoms with E-state index in [4.69, 9.17) is 9.84 Å². The van der Waals surface area contributed by atoms with E-state index in [2.05, 4.69) is 38.7 Å². The van der Waals surface area contributed by atoms with E-state index in [9.17, 15) is 0 Å². The van der Waals surface area contributed by atoms with Crippen LogP contribution in [0.4, 0.5) is 0 Å². The molecular weight excluding hydrogens is 398 g/mol. The van der Waals surface area contributed by atoms with Crippen molar-refractivity contribution in [2.75, 3.05) is 20.1 Å². The first-order valence-corrected chi connectivity index (χ1v) is 11.4. The Morgan fingerprint density at radius 3 is 2.41 bits per heavy atom. The van der Waals surface area contributed by atoms with Crippen LogP contribution in [0.25, 0.3) is 22.3 Å². The number of piperidine rings is 1. The molecule has 1 aliphatic heterocycles. The predicted molar refractivity (Wildman–Crippen MR) is 125 cm³/mol. The van der Waals surface area contributed by atoms with Gasteiger partial charge in [0.2, 0.25) is 0 Å². The highest BCUT2D eigenvalue weighted by molar-refractivity contribution is 5.90. The highest BCUT2D eigenvalue weighted by Gasteiger charge is 2.47. The topological polar surface area (TPSA) is 56.1 Å². The van der Waals surface area contributed by atoms with Crippen molar-refractivity contribution in [2.24, 2.45) is 5.41 Å². The monoisotopic (exact) mass is 425 g/mol. The minimum Gasteiger partial charge on any atom is -0.457 e. The van der Waals surface area contributed by atoms with Crippen LogP contribution in [0.3, 0.4) is 0 Å². The van der Waals surface area contributed by atoms with Gasteiger partial charge in [0.25, 0.3) is 0 Å². The molecule has 4 aromatic rings. The maximum absolute atomic E-state index is 5.94. The van der Waals surface area contributed by atoms with Gasteiger partial charge >= 0.3 is 0 Å². The molecule has 0 bridgehead atoms. The lowest BCUT2D eigenvalue weighted by Gasteiger charge is -2.51. The Morgan fingerprint density at radius 2 is 1.66 bits per heavy atom.